The zero-order valence-electron chi connectivity index (χ0n) is 6.90. The Labute approximate surface area is 75.3 Å². The summed E-state index contributed by atoms with van der Waals surface area (Å²) >= 11 is 0. The largest absolute Gasteiger partial charge is 0.492 e. The summed E-state index contributed by atoms with van der Waals surface area (Å²) in [6, 6.07) is 6.96. The van der Waals surface area contributed by atoms with Gasteiger partial charge in [0.25, 0.3) is 0 Å². The molecule has 1 atom stereocenters. The molecule has 0 N–H and O–H groups in total. The molecule has 1 aliphatic heterocycles. The minimum atomic E-state index is -0.630. The molecule has 3 nitrogen and oxygen atoms in total. The van der Waals surface area contributed by atoms with Crippen LogP contribution in [-0.4, -0.2) is 18.7 Å². The fraction of sp³-hybridized carbons (Fsp3) is 0.200. The van der Waals surface area contributed by atoms with Crippen LogP contribution in [0.15, 0.2) is 24.3 Å². The Morgan fingerprint density at radius 3 is 2.92 bits per heavy atom. The summed E-state index contributed by atoms with van der Waals surface area (Å²) in [5.41, 5.74) is 0.505. The molecule has 0 bridgehead atoms. The van der Waals surface area contributed by atoms with Crippen LogP contribution < -0.4 is 4.74 Å². The standard InChI is InChI=1S/C10H8O3/c11-5-7-6-13-9-4-2-1-3-8(9)10(7)12/h1-5,7H,6H2/t7-/m1/s1. The normalized spacial score (nSPS) is 20.3. The van der Waals surface area contributed by atoms with Crippen molar-refractivity contribution in [1.29, 1.82) is 0 Å². The van der Waals surface area contributed by atoms with Gasteiger partial charge in [-0.05, 0) is 12.1 Å². The van der Waals surface area contributed by atoms with E-state index >= 15 is 0 Å². The lowest BCUT2D eigenvalue weighted by molar-refractivity contribution is -0.110. The number of benzene rings is 1. The van der Waals surface area contributed by atoms with Crippen LogP contribution in [0.25, 0.3) is 0 Å². The number of para-hydroxylation sites is 1. The third kappa shape index (κ3) is 1.22. The maximum Gasteiger partial charge on any atom is 0.180 e. The molecule has 1 heterocycles. The van der Waals surface area contributed by atoms with Gasteiger partial charge in [-0.2, -0.15) is 0 Å². The van der Waals surface area contributed by atoms with Crippen molar-refractivity contribution < 1.29 is 14.3 Å². The van der Waals surface area contributed by atoms with Crippen LogP contribution in [0.4, 0.5) is 0 Å². The lowest BCUT2D eigenvalue weighted by Crippen LogP contribution is -2.28. The lowest BCUT2D eigenvalue weighted by Gasteiger charge is -2.19. The second kappa shape index (κ2) is 3.01. The summed E-state index contributed by atoms with van der Waals surface area (Å²) in [5, 5.41) is 0. The minimum absolute atomic E-state index is 0.142. The molecule has 1 aromatic rings. The molecule has 0 spiro atoms. The van der Waals surface area contributed by atoms with E-state index in [1.807, 2.05) is 0 Å². The summed E-state index contributed by atoms with van der Waals surface area (Å²) < 4.78 is 5.25. The topological polar surface area (TPSA) is 43.4 Å². The Balaban J connectivity index is 2.45. The predicted molar refractivity (Wildman–Crippen MR) is 45.8 cm³/mol. The number of carbonyl (C=O) groups excluding carboxylic acids is 2. The van der Waals surface area contributed by atoms with Gasteiger partial charge in [-0.1, -0.05) is 12.1 Å². The van der Waals surface area contributed by atoms with Crippen LogP contribution in [0.5, 0.6) is 5.75 Å². The van der Waals surface area contributed by atoms with Gasteiger partial charge in [-0.15, -0.1) is 0 Å². The van der Waals surface area contributed by atoms with E-state index in [2.05, 4.69) is 0 Å². The van der Waals surface area contributed by atoms with E-state index in [0.29, 0.717) is 17.6 Å². The second-order valence-electron chi connectivity index (χ2n) is 2.91. The number of ether oxygens (including phenoxy) is 1. The molecule has 0 fully saturated rings. The summed E-state index contributed by atoms with van der Waals surface area (Å²) in [4.78, 5) is 22.0. The Morgan fingerprint density at radius 2 is 2.15 bits per heavy atom. The van der Waals surface area contributed by atoms with E-state index in [-0.39, 0.29) is 12.4 Å². The van der Waals surface area contributed by atoms with Crippen molar-refractivity contribution in [3.8, 4) is 5.75 Å². The average molecular weight is 176 g/mol. The van der Waals surface area contributed by atoms with Gasteiger partial charge in [0.05, 0.1) is 5.56 Å². The van der Waals surface area contributed by atoms with E-state index in [1.165, 1.54) is 0 Å². The SMILES string of the molecule is O=C[C@@H]1COc2ccccc2C1=O. The number of hydrogen-bond acceptors (Lipinski definition) is 3. The Bertz CT molecular complexity index is 357. The second-order valence-corrected chi connectivity index (χ2v) is 2.91. The van der Waals surface area contributed by atoms with Crippen molar-refractivity contribution in [2.45, 2.75) is 0 Å². The first-order chi connectivity index (χ1) is 6.33. The first-order valence-corrected chi connectivity index (χ1v) is 4.04. The third-order valence-electron chi connectivity index (χ3n) is 2.07. The first-order valence-electron chi connectivity index (χ1n) is 4.04. The Morgan fingerprint density at radius 1 is 1.38 bits per heavy atom. The maximum absolute atomic E-state index is 11.5. The molecule has 0 unspecified atom stereocenters. The van der Waals surface area contributed by atoms with Gasteiger partial charge < -0.3 is 9.53 Å². The van der Waals surface area contributed by atoms with E-state index < -0.39 is 5.92 Å². The highest BCUT2D eigenvalue weighted by Gasteiger charge is 2.27. The molecule has 1 aromatic carbocycles. The van der Waals surface area contributed by atoms with Crippen molar-refractivity contribution in [1.82, 2.24) is 0 Å². The van der Waals surface area contributed by atoms with Crippen LogP contribution in [-0.2, 0) is 4.79 Å². The Kier molecular flexibility index (Phi) is 1.85. The van der Waals surface area contributed by atoms with Crippen molar-refractivity contribution in [2.24, 2.45) is 5.92 Å². The number of ketones is 1. The molecule has 13 heavy (non-hydrogen) atoms. The van der Waals surface area contributed by atoms with Crippen LogP contribution in [0.2, 0.25) is 0 Å². The highest BCUT2D eigenvalue weighted by molar-refractivity contribution is 6.07. The van der Waals surface area contributed by atoms with Crippen molar-refractivity contribution >= 4 is 12.1 Å². The van der Waals surface area contributed by atoms with E-state index in [0.717, 1.165) is 0 Å². The fourth-order valence-corrected chi connectivity index (χ4v) is 1.35. The number of rotatable bonds is 1. The number of Topliss-reactive ketones (excluding diaryl/α,β-unsaturated/α-hetero) is 1. The van der Waals surface area contributed by atoms with Gasteiger partial charge >= 0.3 is 0 Å². The molecule has 0 radical (unpaired) electrons. The smallest absolute Gasteiger partial charge is 0.180 e. The van der Waals surface area contributed by atoms with Gasteiger partial charge in [-0.3, -0.25) is 4.79 Å². The molecule has 3 heteroatoms. The molecular weight excluding hydrogens is 168 g/mol. The number of hydrogen-bond donors (Lipinski definition) is 0. The molecule has 0 saturated carbocycles. The number of carbonyl (C=O) groups is 2. The molecule has 0 saturated heterocycles. The quantitative estimate of drug-likeness (QED) is 0.475. The van der Waals surface area contributed by atoms with Crippen molar-refractivity contribution in [3.05, 3.63) is 29.8 Å². The maximum atomic E-state index is 11.5. The minimum Gasteiger partial charge on any atom is -0.492 e. The van der Waals surface area contributed by atoms with Crippen molar-refractivity contribution in [2.75, 3.05) is 6.61 Å². The zero-order valence-corrected chi connectivity index (χ0v) is 6.90. The van der Waals surface area contributed by atoms with Crippen molar-refractivity contribution in [3.63, 3.8) is 0 Å². The zero-order chi connectivity index (χ0) is 9.26. The van der Waals surface area contributed by atoms with E-state index in [1.54, 1.807) is 24.3 Å². The Hall–Kier alpha value is -1.64. The predicted octanol–water partition coefficient (Wildman–Crippen LogP) is 1.08. The van der Waals surface area contributed by atoms with Crippen LogP contribution in [0, 0.1) is 5.92 Å². The monoisotopic (exact) mass is 176 g/mol. The van der Waals surface area contributed by atoms with Crippen LogP contribution in [0.3, 0.4) is 0 Å². The summed E-state index contributed by atoms with van der Waals surface area (Å²) in [5.74, 6) is -0.197. The van der Waals surface area contributed by atoms with Crippen LogP contribution >= 0.6 is 0 Å². The summed E-state index contributed by atoms with van der Waals surface area (Å²) in [6.45, 7) is 0.166. The fourth-order valence-electron chi connectivity index (χ4n) is 1.35. The van der Waals surface area contributed by atoms with Gasteiger partial charge in [0.15, 0.2) is 5.78 Å². The summed E-state index contributed by atoms with van der Waals surface area (Å²) in [6.07, 6.45) is 0.637. The van der Waals surface area contributed by atoms with Gasteiger partial charge in [0.1, 0.15) is 24.6 Å². The average Bonchev–Trinajstić information content (AvgIpc) is 2.19. The number of fused-ring (bicyclic) bond motifs is 1. The van der Waals surface area contributed by atoms with Gasteiger partial charge in [0.2, 0.25) is 0 Å². The highest BCUT2D eigenvalue weighted by Crippen LogP contribution is 2.25. The van der Waals surface area contributed by atoms with Gasteiger partial charge in [0, 0.05) is 0 Å². The molecular formula is C10H8O3. The molecule has 0 aliphatic carbocycles. The van der Waals surface area contributed by atoms with Crippen LogP contribution in [0.1, 0.15) is 10.4 Å². The molecule has 1 aliphatic rings. The third-order valence-corrected chi connectivity index (χ3v) is 2.07. The van der Waals surface area contributed by atoms with Gasteiger partial charge in [-0.25, -0.2) is 0 Å². The van der Waals surface area contributed by atoms with E-state index in [9.17, 15) is 9.59 Å². The molecule has 2 rings (SSSR count). The molecule has 66 valence electrons. The molecule has 0 aromatic heterocycles. The first kappa shape index (κ1) is 7.98. The number of aldehydes is 1. The summed E-state index contributed by atoms with van der Waals surface area (Å²) in [7, 11) is 0. The van der Waals surface area contributed by atoms with E-state index in [4.69, 9.17) is 4.74 Å². The lowest BCUT2D eigenvalue weighted by atomic mass is 9.96. The molecule has 0 amide bonds. The highest BCUT2D eigenvalue weighted by atomic mass is 16.5.